The van der Waals surface area contributed by atoms with Gasteiger partial charge in [0.05, 0.1) is 15.7 Å². The van der Waals surface area contributed by atoms with Crippen molar-refractivity contribution in [1.29, 1.82) is 0 Å². The van der Waals surface area contributed by atoms with Gasteiger partial charge in [0.1, 0.15) is 10.7 Å². The zero-order valence-corrected chi connectivity index (χ0v) is 15.1. The van der Waals surface area contributed by atoms with Crippen molar-refractivity contribution in [2.24, 2.45) is 0 Å². The van der Waals surface area contributed by atoms with Gasteiger partial charge in [0.25, 0.3) is 0 Å². The molecule has 2 atom stereocenters. The van der Waals surface area contributed by atoms with Gasteiger partial charge in [-0.25, -0.2) is 0 Å². The van der Waals surface area contributed by atoms with E-state index in [4.69, 9.17) is 4.42 Å². The van der Waals surface area contributed by atoms with Crippen molar-refractivity contribution in [3.63, 3.8) is 0 Å². The van der Waals surface area contributed by atoms with Gasteiger partial charge in [-0.05, 0) is 18.2 Å². The molecule has 5 nitrogen and oxygen atoms in total. The van der Waals surface area contributed by atoms with Gasteiger partial charge in [0.15, 0.2) is 5.78 Å². The molecule has 0 saturated heterocycles. The van der Waals surface area contributed by atoms with Gasteiger partial charge < -0.3 is 4.42 Å². The number of benzene rings is 1. The third kappa shape index (κ3) is 3.81. The van der Waals surface area contributed by atoms with E-state index in [1.807, 2.05) is 0 Å². The summed E-state index contributed by atoms with van der Waals surface area (Å²) in [5.74, 6) is -0.192. The first-order valence-electron chi connectivity index (χ1n) is 5.72. The van der Waals surface area contributed by atoms with Crippen LogP contribution in [0.5, 0.6) is 0 Å². The number of hydrogen-bond donors (Lipinski definition) is 0. The molecule has 0 bridgehead atoms. The summed E-state index contributed by atoms with van der Waals surface area (Å²) in [5.41, 5.74) is 0.533. The molecule has 2 aromatic rings. The molecule has 2 rings (SSSR count). The third-order valence-electron chi connectivity index (χ3n) is 2.70. The van der Waals surface area contributed by atoms with Crippen LogP contribution in [0, 0.1) is 10.1 Å². The molecule has 0 N–H and O–H groups in total. The number of ketones is 1. The lowest BCUT2D eigenvalue weighted by Gasteiger charge is -2.13. The largest absolute Gasteiger partial charge is 0.433 e. The number of Topliss-reactive ketones (excluding diaryl/α,β-unsaturated/α-hetero) is 1. The minimum absolute atomic E-state index is 0.150. The Kier molecular flexibility index (Phi) is 5.34. The van der Waals surface area contributed by atoms with Gasteiger partial charge in [-0.15, -0.1) is 0 Å². The summed E-state index contributed by atoms with van der Waals surface area (Å²) in [6.07, 6.45) is 0. The summed E-state index contributed by atoms with van der Waals surface area (Å²) in [6, 6.07) is 9.67. The minimum Gasteiger partial charge on any atom is -0.405 e. The third-order valence-corrected chi connectivity index (χ3v) is 5.86. The highest BCUT2D eigenvalue weighted by Gasteiger charge is 2.29. The van der Waals surface area contributed by atoms with Crippen LogP contribution in [0.4, 0.5) is 5.88 Å². The van der Waals surface area contributed by atoms with Crippen molar-refractivity contribution in [1.82, 2.24) is 0 Å². The molecule has 110 valence electrons. The monoisotopic (exact) mass is 479 g/mol. The van der Waals surface area contributed by atoms with Gasteiger partial charge in [-0.1, -0.05) is 59.9 Å². The predicted octanol–water partition coefficient (Wildman–Crippen LogP) is 5.03. The van der Waals surface area contributed by atoms with Crippen LogP contribution in [0.1, 0.15) is 20.9 Å². The zero-order chi connectivity index (χ0) is 15.6. The molecular formula is C13H8Br3NO4. The summed E-state index contributed by atoms with van der Waals surface area (Å²) in [7, 11) is 0. The maximum absolute atomic E-state index is 12.3. The van der Waals surface area contributed by atoms with Crippen LogP contribution >= 0.6 is 47.8 Å². The molecule has 8 heteroatoms. The smallest absolute Gasteiger partial charge is 0.405 e. The van der Waals surface area contributed by atoms with Crippen molar-refractivity contribution >= 4 is 59.5 Å². The van der Waals surface area contributed by atoms with E-state index in [0.717, 1.165) is 4.47 Å². The maximum atomic E-state index is 12.3. The van der Waals surface area contributed by atoms with Gasteiger partial charge in [0, 0.05) is 10.0 Å². The fourth-order valence-corrected chi connectivity index (χ4v) is 2.91. The van der Waals surface area contributed by atoms with Gasteiger partial charge in [0.2, 0.25) is 0 Å². The first-order valence-corrected chi connectivity index (χ1v) is 8.34. The summed E-state index contributed by atoms with van der Waals surface area (Å²) in [6.45, 7) is 0. The lowest BCUT2D eigenvalue weighted by molar-refractivity contribution is -0.402. The van der Waals surface area contributed by atoms with Crippen molar-refractivity contribution in [2.75, 3.05) is 0 Å². The van der Waals surface area contributed by atoms with Crippen molar-refractivity contribution in [3.05, 3.63) is 62.3 Å². The second-order valence-electron chi connectivity index (χ2n) is 4.11. The molecule has 0 aliphatic rings. The van der Waals surface area contributed by atoms with Gasteiger partial charge in [-0.2, -0.15) is 0 Å². The van der Waals surface area contributed by atoms with Crippen LogP contribution in [0.3, 0.4) is 0 Å². The second-order valence-corrected chi connectivity index (χ2v) is 7.00. The molecule has 0 aliphatic carbocycles. The average molecular weight is 482 g/mol. The van der Waals surface area contributed by atoms with E-state index in [1.165, 1.54) is 12.1 Å². The number of furan rings is 1. The number of hydrogen-bond acceptors (Lipinski definition) is 4. The van der Waals surface area contributed by atoms with Crippen LogP contribution in [0.2, 0.25) is 0 Å². The molecule has 0 spiro atoms. The molecule has 0 radical (unpaired) electrons. The Morgan fingerprint density at radius 3 is 2.29 bits per heavy atom. The number of carbonyl (C=O) groups excluding carboxylic acids is 1. The summed E-state index contributed by atoms with van der Waals surface area (Å²) < 4.78 is 5.97. The van der Waals surface area contributed by atoms with Crippen LogP contribution in [-0.4, -0.2) is 15.5 Å². The Morgan fingerprint density at radius 1 is 1.14 bits per heavy atom. The number of rotatable bonds is 5. The molecule has 1 aromatic heterocycles. The Labute approximate surface area is 145 Å². The quantitative estimate of drug-likeness (QED) is 0.260. The Bertz CT molecular complexity index is 668. The molecule has 0 saturated carbocycles. The number of carbonyl (C=O) groups is 1. The summed E-state index contributed by atoms with van der Waals surface area (Å²) in [4.78, 5) is 21.2. The van der Waals surface area contributed by atoms with E-state index in [0.29, 0.717) is 11.3 Å². The maximum Gasteiger partial charge on any atom is 0.433 e. The van der Waals surface area contributed by atoms with Gasteiger partial charge >= 0.3 is 5.88 Å². The van der Waals surface area contributed by atoms with Crippen molar-refractivity contribution in [2.45, 2.75) is 9.65 Å². The molecule has 0 amide bonds. The molecular weight excluding hydrogens is 474 g/mol. The Morgan fingerprint density at radius 2 is 1.76 bits per heavy atom. The molecule has 21 heavy (non-hydrogen) atoms. The zero-order valence-electron chi connectivity index (χ0n) is 10.3. The van der Waals surface area contributed by atoms with E-state index >= 15 is 0 Å². The highest BCUT2D eigenvalue weighted by atomic mass is 79.9. The van der Waals surface area contributed by atoms with Gasteiger partial charge in [-0.3, -0.25) is 14.9 Å². The topological polar surface area (TPSA) is 73.3 Å². The van der Waals surface area contributed by atoms with Crippen LogP contribution in [0.15, 0.2) is 45.3 Å². The highest BCUT2D eigenvalue weighted by Crippen LogP contribution is 2.35. The molecule has 1 heterocycles. The number of alkyl halides is 2. The Balaban J connectivity index is 2.17. The number of nitrogens with zero attached hydrogens (tertiary/aromatic N) is 1. The lowest BCUT2D eigenvalue weighted by Crippen LogP contribution is -2.18. The molecule has 0 aliphatic heterocycles. The standard InChI is InChI=1S/C13H8Br3NO4/c14-8-3-1-7(2-4-8)13(18)12(16)11(15)9-5-6-10(21-9)17(19)20/h1-6,11-12H/t11-,12+/m0/s1. The Hall–Kier alpha value is -0.990. The predicted molar refractivity (Wildman–Crippen MR) is 88.2 cm³/mol. The van der Waals surface area contributed by atoms with E-state index in [9.17, 15) is 14.9 Å². The second kappa shape index (κ2) is 6.85. The minimum atomic E-state index is -0.622. The normalized spacial score (nSPS) is 13.7. The van der Waals surface area contributed by atoms with Crippen LogP contribution in [0.25, 0.3) is 0 Å². The molecule has 0 fully saturated rings. The highest BCUT2D eigenvalue weighted by molar-refractivity contribution is 9.12. The molecule has 1 aromatic carbocycles. The fraction of sp³-hybridized carbons (Fsp3) is 0.154. The van der Waals surface area contributed by atoms with E-state index in [1.54, 1.807) is 24.3 Å². The number of nitro groups is 1. The van der Waals surface area contributed by atoms with E-state index in [-0.39, 0.29) is 11.7 Å². The number of halogens is 3. The molecule has 0 unspecified atom stereocenters. The van der Waals surface area contributed by atoms with E-state index < -0.39 is 14.6 Å². The van der Waals surface area contributed by atoms with Crippen molar-refractivity contribution < 1.29 is 14.1 Å². The SMILES string of the molecule is O=C(c1ccc(Br)cc1)[C@H](Br)[C@@H](Br)c1ccc([N+](=O)[O-])o1. The van der Waals surface area contributed by atoms with E-state index in [2.05, 4.69) is 47.8 Å². The first-order chi connectivity index (χ1) is 9.90. The summed E-state index contributed by atoms with van der Waals surface area (Å²) in [5, 5.41) is 10.6. The first kappa shape index (κ1) is 16.4. The summed E-state index contributed by atoms with van der Waals surface area (Å²) >= 11 is 9.94. The van der Waals surface area contributed by atoms with Crippen LogP contribution in [-0.2, 0) is 0 Å². The average Bonchev–Trinajstić information content (AvgIpc) is 2.96. The lowest BCUT2D eigenvalue weighted by atomic mass is 10.1. The van der Waals surface area contributed by atoms with Crippen molar-refractivity contribution in [3.8, 4) is 0 Å². The fourth-order valence-electron chi connectivity index (χ4n) is 1.64. The van der Waals surface area contributed by atoms with Crippen LogP contribution < -0.4 is 0 Å².